The van der Waals surface area contributed by atoms with Crippen molar-refractivity contribution in [2.75, 3.05) is 20.1 Å². The van der Waals surface area contributed by atoms with Crippen LogP contribution in [0.15, 0.2) is 15.6 Å². The quantitative estimate of drug-likeness (QED) is 0.725. The van der Waals surface area contributed by atoms with Crippen molar-refractivity contribution in [3.05, 3.63) is 17.4 Å². The Morgan fingerprint density at radius 2 is 2.25 bits per heavy atom. The molecule has 1 fully saturated rings. The molecule has 7 nitrogen and oxygen atoms in total. The standard InChI is InChI=1S/C12H19N3O4S/c1-8-10(6-11(19-8)20(17,18)13-2)12(16)15-9-4-3-5-14-7-9/h6,9,13-14H,3-5,7H2,1-2H3,(H,15,16)/t9-/m0/s1. The Kier molecular flexibility index (Phi) is 4.46. The van der Waals surface area contributed by atoms with Gasteiger partial charge in [0.2, 0.25) is 5.09 Å². The normalized spacial score (nSPS) is 19.8. The molecule has 0 saturated carbocycles. The third kappa shape index (κ3) is 3.20. The van der Waals surface area contributed by atoms with Crippen LogP contribution >= 0.6 is 0 Å². The molecule has 1 aromatic heterocycles. The lowest BCUT2D eigenvalue weighted by Gasteiger charge is -2.23. The molecule has 1 aliphatic heterocycles. The molecule has 1 saturated heterocycles. The summed E-state index contributed by atoms with van der Waals surface area (Å²) in [6, 6.07) is 1.32. The lowest BCUT2D eigenvalue weighted by Crippen LogP contribution is -2.45. The first-order valence-electron chi connectivity index (χ1n) is 6.49. The third-order valence-corrected chi connectivity index (χ3v) is 4.57. The van der Waals surface area contributed by atoms with Crippen LogP contribution in [0.4, 0.5) is 0 Å². The van der Waals surface area contributed by atoms with Gasteiger partial charge in [0.15, 0.2) is 0 Å². The van der Waals surface area contributed by atoms with Crippen LogP contribution in [0, 0.1) is 6.92 Å². The van der Waals surface area contributed by atoms with Crippen LogP contribution in [0.25, 0.3) is 0 Å². The number of hydrogen-bond donors (Lipinski definition) is 3. The second-order valence-corrected chi connectivity index (χ2v) is 6.58. The summed E-state index contributed by atoms with van der Waals surface area (Å²) in [6.45, 7) is 3.26. The van der Waals surface area contributed by atoms with Gasteiger partial charge in [0.05, 0.1) is 5.56 Å². The maximum absolute atomic E-state index is 12.1. The van der Waals surface area contributed by atoms with Gasteiger partial charge in [-0.2, -0.15) is 0 Å². The minimum Gasteiger partial charge on any atom is -0.448 e. The highest BCUT2D eigenvalue weighted by atomic mass is 32.2. The molecule has 0 bridgehead atoms. The minimum absolute atomic E-state index is 0.0647. The third-order valence-electron chi connectivity index (χ3n) is 3.31. The summed E-state index contributed by atoms with van der Waals surface area (Å²) < 4.78 is 30.6. The summed E-state index contributed by atoms with van der Waals surface area (Å²) in [4.78, 5) is 12.1. The Hall–Kier alpha value is -1.38. The van der Waals surface area contributed by atoms with E-state index in [-0.39, 0.29) is 22.6 Å². The second-order valence-electron chi connectivity index (χ2n) is 4.76. The fourth-order valence-corrected chi connectivity index (χ4v) is 2.86. The fourth-order valence-electron chi connectivity index (χ4n) is 2.15. The van der Waals surface area contributed by atoms with Gasteiger partial charge in [0.1, 0.15) is 5.76 Å². The van der Waals surface area contributed by atoms with E-state index in [9.17, 15) is 13.2 Å². The predicted octanol–water partition coefficient (Wildman–Crippen LogP) is -0.0221. The molecule has 0 aromatic carbocycles. The monoisotopic (exact) mass is 301 g/mol. The zero-order valence-corrected chi connectivity index (χ0v) is 12.3. The number of carbonyl (C=O) groups is 1. The maximum atomic E-state index is 12.1. The highest BCUT2D eigenvalue weighted by Gasteiger charge is 2.24. The van der Waals surface area contributed by atoms with Crippen molar-refractivity contribution in [1.29, 1.82) is 0 Å². The molecule has 0 unspecified atom stereocenters. The number of hydrogen-bond acceptors (Lipinski definition) is 5. The van der Waals surface area contributed by atoms with E-state index in [0.29, 0.717) is 5.76 Å². The minimum atomic E-state index is -3.68. The molecular formula is C12H19N3O4S. The largest absolute Gasteiger partial charge is 0.448 e. The zero-order valence-electron chi connectivity index (χ0n) is 11.5. The number of aryl methyl sites for hydroxylation is 1. The fraction of sp³-hybridized carbons (Fsp3) is 0.583. The van der Waals surface area contributed by atoms with E-state index in [2.05, 4.69) is 15.4 Å². The van der Waals surface area contributed by atoms with Crippen molar-refractivity contribution in [1.82, 2.24) is 15.4 Å². The van der Waals surface area contributed by atoms with Gasteiger partial charge in [0.25, 0.3) is 15.9 Å². The maximum Gasteiger partial charge on any atom is 0.273 e. The summed E-state index contributed by atoms with van der Waals surface area (Å²) >= 11 is 0. The van der Waals surface area contributed by atoms with Crippen LogP contribution in [-0.2, 0) is 10.0 Å². The van der Waals surface area contributed by atoms with Crippen molar-refractivity contribution in [2.24, 2.45) is 0 Å². The van der Waals surface area contributed by atoms with E-state index >= 15 is 0 Å². The summed E-state index contributed by atoms with van der Waals surface area (Å²) in [7, 11) is -2.38. The number of rotatable bonds is 4. The molecule has 20 heavy (non-hydrogen) atoms. The van der Waals surface area contributed by atoms with Gasteiger partial charge in [-0.05, 0) is 33.4 Å². The Balaban J connectivity index is 2.14. The van der Waals surface area contributed by atoms with Crippen LogP contribution in [0.3, 0.4) is 0 Å². The van der Waals surface area contributed by atoms with Crippen LogP contribution < -0.4 is 15.4 Å². The molecule has 1 amide bonds. The molecule has 112 valence electrons. The first-order valence-corrected chi connectivity index (χ1v) is 7.98. The topological polar surface area (TPSA) is 100 Å². The molecule has 1 atom stereocenters. The molecule has 3 N–H and O–H groups in total. The predicted molar refractivity (Wildman–Crippen MR) is 73.0 cm³/mol. The molecule has 8 heteroatoms. The number of furan rings is 1. The van der Waals surface area contributed by atoms with Gasteiger partial charge >= 0.3 is 0 Å². The number of piperidine rings is 1. The Morgan fingerprint density at radius 1 is 1.50 bits per heavy atom. The summed E-state index contributed by atoms with van der Waals surface area (Å²) in [5, 5.41) is 5.84. The molecule has 2 heterocycles. The van der Waals surface area contributed by atoms with Crippen molar-refractivity contribution < 1.29 is 17.6 Å². The first-order chi connectivity index (χ1) is 9.44. The van der Waals surface area contributed by atoms with E-state index in [4.69, 9.17) is 4.42 Å². The Bertz CT molecular complexity index is 588. The van der Waals surface area contributed by atoms with Crippen molar-refractivity contribution in [3.63, 3.8) is 0 Å². The molecular weight excluding hydrogens is 282 g/mol. The van der Waals surface area contributed by atoms with E-state index < -0.39 is 10.0 Å². The first kappa shape index (κ1) is 15.0. The number of amides is 1. The van der Waals surface area contributed by atoms with Crippen LogP contribution in [0.1, 0.15) is 29.0 Å². The van der Waals surface area contributed by atoms with E-state index in [1.165, 1.54) is 13.1 Å². The Morgan fingerprint density at radius 3 is 2.85 bits per heavy atom. The van der Waals surface area contributed by atoms with E-state index in [0.717, 1.165) is 25.9 Å². The number of sulfonamides is 1. The highest BCUT2D eigenvalue weighted by Crippen LogP contribution is 2.19. The van der Waals surface area contributed by atoms with Crippen molar-refractivity contribution >= 4 is 15.9 Å². The lowest BCUT2D eigenvalue weighted by atomic mass is 10.1. The summed E-state index contributed by atoms with van der Waals surface area (Å²) in [5.41, 5.74) is 0.254. The van der Waals surface area contributed by atoms with Crippen molar-refractivity contribution in [2.45, 2.75) is 30.9 Å². The molecule has 1 aliphatic rings. The average molecular weight is 301 g/mol. The number of carbonyl (C=O) groups excluding carboxylic acids is 1. The molecule has 2 rings (SSSR count). The van der Waals surface area contributed by atoms with Crippen molar-refractivity contribution in [3.8, 4) is 0 Å². The summed E-state index contributed by atoms with van der Waals surface area (Å²) in [6.07, 6.45) is 1.92. The molecule has 0 aliphatic carbocycles. The average Bonchev–Trinajstić information content (AvgIpc) is 2.83. The van der Waals surface area contributed by atoms with E-state index in [1.807, 2.05) is 0 Å². The Labute approximate surface area is 118 Å². The lowest BCUT2D eigenvalue weighted by molar-refractivity contribution is 0.0929. The second kappa shape index (κ2) is 5.94. The molecule has 0 radical (unpaired) electrons. The van der Waals surface area contributed by atoms with Gasteiger partial charge in [-0.1, -0.05) is 0 Å². The van der Waals surface area contributed by atoms with Crippen LogP contribution in [0.2, 0.25) is 0 Å². The van der Waals surface area contributed by atoms with Gasteiger partial charge in [-0.25, -0.2) is 13.1 Å². The highest BCUT2D eigenvalue weighted by molar-refractivity contribution is 7.89. The molecule has 0 spiro atoms. The van der Waals surface area contributed by atoms with Gasteiger partial charge in [0, 0.05) is 18.7 Å². The van der Waals surface area contributed by atoms with Gasteiger partial charge < -0.3 is 15.1 Å². The molecule has 1 aromatic rings. The van der Waals surface area contributed by atoms with Crippen LogP contribution in [-0.4, -0.2) is 40.5 Å². The van der Waals surface area contributed by atoms with Gasteiger partial charge in [-0.3, -0.25) is 4.79 Å². The van der Waals surface area contributed by atoms with Crippen LogP contribution in [0.5, 0.6) is 0 Å². The van der Waals surface area contributed by atoms with E-state index in [1.54, 1.807) is 6.92 Å². The van der Waals surface area contributed by atoms with Gasteiger partial charge in [-0.15, -0.1) is 0 Å². The SMILES string of the molecule is CNS(=O)(=O)c1cc(C(=O)N[C@H]2CCCNC2)c(C)o1. The number of nitrogens with one attached hydrogen (secondary N) is 3. The zero-order chi connectivity index (χ0) is 14.8. The smallest absolute Gasteiger partial charge is 0.273 e. The summed E-state index contributed by atoms with van der Waals surface area (Å²) in [5.74, 6) is -0.0161.